The van der Waals surface area contributed by atoms with Gasteiger partial charge in [-0.3, -0.25) is 0 Å². The highest BCUT2D eigenvalue weighted by Crippen LogP contribution is 2.23. The van der Waals surface area contributed by atoms with Crippen LogP contribution < -0.4 is 4.74 Å². The number of nitrogens with zero attached hydrogens (tertiary/aromatic N) is 2. The van der Waals surface area contributed by atoms with Crippen molar-refractivity contribution in [3.05, 3.63) is 64.7 Å². The minimum Gasteiger partial charge on any atom is -0.493 e. The van der Waals surface area contributed by atoms with E-state index in [0.717, 1.165) is 16.9 Å². The van der Waals surface area contributed by atoms with Crippen LogP contribution >= 0.6 is 0 Å². The summed E-state index contributed by atoms with van der Waals surface area (Å²) in [6.07, 6.45) is 0.621. The highest BCUT2D eigenvalue weighted by atomic mass is 16.5. The number of nitriles is 2. The zero-order valence-corrected chi connectivity index (χ0v) is 12.8. The second kappa shape index (κ2) is 7.29. The highest BCUT2D eigenvalue weighted by Gasteiger charge is 2.11. The zero-order chi connectivity index (χ0) is 15.9. The van der Waals surface area contributed by atoms with Gasteiger partial charge in [-0.05, 0) is 48.7 Å². The van der Waals surface area contributed by atoms with E-state index in [1.165, 1.54) is 5.56 Å². The Kier molecular flexibility index (Phi) is 5.17. The molecule has 0 aliphatic rings. The third kappa shape index (κ3) is 3.65. The smallest absolute Gasteiger partial charge is 0.122 e. The molecular formula is C19H18N2O. The summed E-state index contributed by atoms with van der Waals surface area (Å²) in [5.41, 5.74) is 3.86. The molecule has 0 aromatic heterocycles. The van der Waals surface area contributed by atoms with Crippen LogP contribution in [0.2, 0.25) is 0 Å². The maximum absolute atomic E-state index is 9.33. The first-order chi connectivity index (χ1) is 10.7. The molecule has 0 bridgehead atoms. The van der Waals surface area contributed by atoms with E-state index in [1.807, 2.05) is 31.2 Å². The fraction of sp³-hybridized carbons (Fsp3) is 0.263. The largest absolute Gasteiger partial charge is 0.493 e. The lowest BCUT2D eigenvalue weighted by Crippen LogP contribution is -2.05. The summed E-state index contributed by atoms with van der Waals surface area (Å²) in [6.45, 7) is 4.58. The molecule has 1 atom stereocenters. The molecule has 3 nitrogen and oxygen atoms in total. The van der Waals surface area contributed by atoms with Crippen LogP contribution in [0.15, 0.2) is 42.5 Å². The van der Waals surface area contributed by atoms with E-state index in [9.17, 15) is 5.26 Å². The van der Waals surface area contributed by atoms with Crippen molar-refractivity contribution in [1.29, 1.82) is 10.5 Å². The van der Waals surface area contributed by atoms with Crippen LogP contribution in [0, 0.1) is 36.5 Å². The first-order valence-electron chi connectivity index (χ1n) is 7.24. The standard InChI is InChI=1S/C19H18N2O/c1-14-4-3-5-19(15(14)2)22-11-10-18(13-21)17-8-6-16(12-20)7-9-17/h3-9,18H,10-11H2,1-2H3. The van der Waals surface area contributed by atoms with E-state index >= 15 is 0 Å². The Bertz CT molecular complexity index is 721. The van der Waals surface area contributed by atoms with Crippen LogP contribution in [0.3, 0.4) is 0 Å². The fourth-order valence-corrected chi connectivity index (χ4v) is 2.26. The lowest BCUT2D eigenvalue weighted by Gasteiger charge is -2.13. The molecule has 2 aromatic carbocycles. The van der Waals surface area contributed by atoms with E-state index in [2.05, 4.69) is 25.1 Å². The average molecular weight is 290 g/mol. The topological polar surface area (TPSA) is 56.8 Å². The van der Waals surface area contributed by atoms with Crippen LogP contribution in [0.5, 0.6) is 5.75 Å². The zero-order valence-electron chi connectivity index (χ0n) is 12.8. The van der Waals surface area contributed by atoms with Gasteiger partial charge in [0.15, 0.2) is 0 Å². The van der Waals surface area contributed by atoms with Gasteiger partial charge in [0, 0.05) is 6.42 Å². The predicted octanol–water partition coefficient (Wildman–Crippen LogP) is 4.25. The summed E-state index contributed by atoms with van der Waals surface area (Å²) in [7, 11) is 0. The highest BCUT2D eigenvalue weighted by molar-refractivity contribution is 5.38. The molecule has 0 amide bonds. The van der Waals surface area contributed by atoms with Crippen molar-refractivity contribution in [2.24, 2.45) is 0 Å². The van der Waals surface area contributed by atoms with E-state index in [4.69, 9.17) is 10.00 Å². The van der Waals surface area contributed by atoms with Crippen molar-refractivity contribution in [3.8, 4) is 17.9 Å². The molecule has 3 heteroatoms. The summed E-state index contributed by atoms with van der Waals surface area (Å²) < 4.78 is 5.81. The van der Waals surface area contributed by atoms with E-state index in [0.29, 0.717) is 18.6 Å². The van der Waals surface area contributed by atoms with Gasteiger partial charge < -0.3 is 4.74 Å². The van der Waals surface area contributed by atoms with Gasteiger partial charge >= 0.3 is 0 Å². The molecule has 0 aliphatic heterocycles. The summed E-state index contributed by atoms with van der Waals surface area (Å²) in [5, 5.41) is 18.1. The van der Waals surface area contributed by atoms with Crippen molar-refractivity contribution >= 4 is 0 Å². The van der Waals surface area contributed by atoms with Crippen LogP contribution in [-0.4, -0.2) is 6.61 Å². The SMILES string of the molecule is Cc1cccc(OCCC(C#N)c2ccc(C#N)cc2)c1C. The van der Waals surface area contributed by atoms with E-state index < -0.39 is 0 Å². The minimum atomic E-state index is -0.224. The van der Waals surface area contributed by atoms with Crippen molar-refractivity contribution in [2.75, 3.05) is 6.61 Å². The van der Waals surface area contributed by atoms with Gasteiger partial charge in [0.05, 0.1) is 30.2 Å². The third-order valence-corrected chi connectivity index (χ3v) is 3.82. The Morgan fingerprint density at radius 3 is 2.41 bits per heavy atom. The quantitative estimate of drug-likeness (QED) is 0.827. The summed E-state index contributed by atoms with van der Waals surface area (Å²) >= 11 is 0. The van der Waals surface area contributed by atoms with Crippen molar-refractivity contribution in [3.63, 3.8) is 0 Å². The molecule has 22 heavy (non-hydrogen) atoms. The summed E-state index contributed by atoms with van der Waals surface area (Å²) in [5.74, 6) is 0.648. The van der Waals surface area contributed by atoms with Crippen LogP contribution in [0.25, 0.3) is 0 Å². The van der Waals surface area contributed by atoms with Crippen LogP contribution in [0.1, 0.15) is 34.6 Å². The Hall–Kier alpha value is -2.78. The number of ether oxygens (including phenoxy) is 1. The number of benzene rings is 2. The van der Waals surface area contributed by atoms with Crippen LogP contribution in [-0.2, 0) is 0 Å². The molecule has 0 spiro atoms. The molecule has 0 N–H and O–H groups in total. The monoisotopic (exact) mass is 290 g/mol. The molecule has 110 valence electrons. The minimum absolute atomic E-state index is 0.224. The normalized spacial score (nSPS) is 11.3. The predicted molar refractivity (Wildman–Crippen MR) is 85.5 cm³/mol. The molecule has 0 saturated carbocycles. The molecular weight excluding hydrogens is 272 g/mol. The van der Waals surface area contributed by atoms with E-state index in [1.54, 1.807) is 12.1 Å². The maximum Gasteiger partial charge on any atom is 0.122 e. The average Bonchev–Trinajstić information content (AvgIpc) is 2.55. The number of aryl methyl sites for hydroxylation is 1. The van der Waals surface area contributed by atoms with Gasteiger partial charge in [-0.2, -0.15) is 10.5 Å². The summed E-state index contributed by atoms with van der Waals surface area (Å²) in [6, 6.07) is 17.5. The Balaban J connectivity index is 1.98. The van der Waals surface area contributed by atoms with Gasteiger partial charge in [0.1, 0.15) is 5.75 Å². The van der Waals surface area contributed by atoms with Gasteiger partial charge in [-0.1, -0.05) is 24.3 Å². The molecule has 0 heterocycles. The van der Waals surface area contributed by atoms with Gasteiger partial charge in [-0.15, -0.1) is 0 Å². The molecule has 2 rings (SSSR count). The lowest BCUT2D eigenvalue weighted by molar-refractivity contribution is 0.304. The fourth-order valence-electron chi connectivity index (χ4n) is 2.26. The number of rotatable bonds is 5. The second-order valence-electron chi connectivity index (χ2n) is 5.25. The Morgan fingerprint density at radius 1 is 1.05 bits per heavy atom. The first kappa shape index (κ1) is 15.6. The second-order valence-corrected chi connectivity index (χ2v) is 5.25. The molecule has 1 unspecified atom stereocenters. The Morgan fingerprint density at radius 2 is 1.77 bits per heavy atom. The lowest BCUT2D eigenvalue weighted by atomic mass is 9.97. The number of hydrogen-bond donors (Lipinski definition) is 0. The van der Waals surface area contributed by atoms with E-state index in [-0.39, 0.29) is 5.92 Å². The maximum atomic E-state index is 9.33. The molecule has 0 radical (unpaired) electrons. The van der Waals surface area contributed by atoms with Gasteiger partial charge in [-0.25, -0.2) is 0 Å². The molecule has 2 aromatic rings. The Labute approximate surface area is 131 Å². The van der Waals surface area contributed by atoms with Crippen molar-refractivity contribution in [1.82, 2.24) is 0 Å². The van der Waals surface area contributed by atoms with Gasteiger partial charge in [0.2, 0.25) is 0 Å². The number of hydrogen-bond acceptors (Lipinski definition) is 3. The van der Waals surface area contributed by atoms with Gasteiger partial charge in [0.25, 0.3) is 0 Å². The third-order valence-electron chi connectivity index (χ3n) is 3.82. The summed E-state index contributed by atoms with van der Waals surface area (Å²) in [4.78, 5) is 0. The van der Waals surface area contributed by atoms with Crippen molar-refractivity contribution < 1.29 is 4.74 Å². The molecule has 0 aliphatic carbocycles. The van der Waals surface area contributed by atoms with Crippen molar-refractivity contribution in [2.45, 2.75) is 26.2 Å². The first-order valence-corrected chi connectivity index (χ1v) is 7.24. The molecule has 0 saturated heterocycles. The van der Waals surface area contributed by atoms with Crippen LogP contribution in [0.4, 0.5) is 0 Å². The molecule has 0 fully saturated rings.